The second-order valence-electron chi connectivity index (χ2n) is 6.35. The quantitative estimate of drug-likeness (QED) is 0.693. The summed E-state index contributed by atoms with van der Waals surface area (Å²) in [6, 6.07) is 1.33. The minimum atomic E-state index is -3.03. The Balaban J connectivity index is 1.96. The third-order valence-corrected chi connectivity index (χ3v) is 5.80. The highest BCUT2D eigenvalue weighted by atomic mass is 32.2. The average molecular weight is 355 g/mol. The third-order valence-electron chi connectivity index (χ3n) is 4.05. The summed E-state index contributed by atoms with van der Waals surface area (Å²) in [6.45, 7) is 1.71. The maximum absolute atomic E-state index is 12.5. The number of carbonyl (C=O) groups excluding carboxylic acids is 1. The first-order valence-corrected chi connectivity index (χ1v) is 9.79. The molecule has 0 aliphatic carbocycles. The lowest BCUT2D eigenvalue weighted by atomic mass is 10.2. The number of carbonyl (C=O) groups is 1. The maximum Gasteiger partial charge on any atom is 0.272 e. The first-order chi connectivity index (χ1) is 11.3. The molecule has 0 radical (unpaired) electrons. The lowest BCUT2D eigenvalue weighted by Gasteiger charge is -2.23. The van der Waals surface area contributed by atoms with E-state index < -0.39 is 9.84 Å². The predicted molar refractivity (Wildman–Crippen MR) is 92.8 cm³/mol. The number of rotatable bonds is 7. The smallest absolute Gasteiger partial charge is 0.272 e. The first kappa shape index (κ1) is 18.6. The summed E-state index contributed by atoms with van der Waals surface area (Å²) in [4.78, 5) is 24.2. The topological polar surface area (TPSA) is 95.5 Å². The van der Waals surface area contributed by atoms with Gasteiger partial charge in [-0.15, -0.1) is 0 Å². The molecule has 1 saturated heterocycles. The summed E-state index contributed by atoms with van der Waals surface area (Å²) in [5.74, 6) is 0.476. The second kappa shape index (κ2) is 7.89. The number of hydrogen-bond donors (Lipinski definition) is 1. The lowest BCUT2D eigenvalue weighted by molar-refractivity contribution is 0.0741. The molecule has 1 amide bonds. The molecule has 1 aliphatic rings. The van der Waals surface area contributed by atoms with Gasteiger partial charge in [-0.2, -0.15) is 0 Å². The average Bonchev–Trinajstić information content (AvgIpc) is 2.90. The SMILES string of the molecule is CN(C)CCCNc1cc(C(=O)N(C)C2CCS(=O)(=O)C2)ncn1. The molecule has 0 spiro atoms. The van der Waals surface area contributed by atoms with Gasteiger partial charge in [0.15, 0.2) is 9.84 Å². The molecule has 1 unspecified atom stereocenters. The van der Waals surface area contributed by atoms with E-state index in [4.69, 9.17) is 0 Å². The van der Waals surface area contributed by atoms with E-state index in [9.17, 15) is 13.2 Å². The molecule has 24 heavy (non-hydrogen) atoms. The fourth-order valence-electron chi connectivity index (χ4n) is 2.61. The van der Waals surface area contributed by atoms with Crippen molar-refractivity contribution in [3.8, 4) is 0 Å². The van der Waals surface area contributed by atoms with Gasteiger partial charge in [-0.3, -0.25) is 4.79 Å². The number of nitrogens with zero attached hydrogens (tertiary/aromatic N) is 4. The van der Waals surface area contributed by atoms with E-state index in [1.54, 1.807) is 13.1 Å². The lowest BCUT2D eigenvalue weighted by Crippen LogP contribution is -2.38. The molecule has 1 aromatic rings. The number of aromatic nitrogens is 2. The van der Waals surface area contributed by atoms with Crippen molar-refractivity contribution in [3.05, 3.63) is 18.1 Å². The highest BCUT2D eigenvalue weighted by Crippen LogP contribution is 2.18. The van der Waals surface area contributed by atoms with E-state index >= 15 is 0 Å². The van der Waals surface area contributed by atoms with Crippen molar-refractivity contribution in [2.45, 2.75) is 18.9 Å². The van der Waals surface area contributed by atoms with Crippen LogP contribution in [0.15, 0.2) is 12.4 Å². The third kappa shape index (κ3) is 5.13. The van der Waals surface area contributed by atoms with Gasteiger partial charge >= 0.3 is 0 Å². The molecular formula is C15H25N5O3S. The maximum atomic E-state index is 12.5. The Hall–Kier alpha value is -1.74. The van der Waals surface area contributed by atoms with Gasteiger partial charge < -0.3 is 15.1 Å². The van der Waals surface area contributed by atoms with Gasteiger partial charge in [0.25, 0.3) is 5.91 Å². The van der Waals surface area contributed by atoms with E-state index in [0.29, 0.717) is 12.2 Å². The summed E-state index contributed by atoms with van der Waals surface area (Å²) in [6.07, 6.45) is 2.78. The Morgan fingerprint density at radius 1 is 1.33 bits per heavy atom. The van der Waals surface area contributed by atoms with E-state index in [1.165, 1.54) is 11.2 Å². The summed E-state index contributed by atoms with van der Waals surface area (Å²) in [7, 11) is 2.62. The Morgan fingerprint density at radius 2 is 2.08 bits per heavy atom. The number of nitrogens with one attached hydrogen (secondary N) is 1. The minimum Gasteiger partial charge on any atom is -0.370 e. The van der Waals surface area contributed by atoms with Gasteiger partial charge in [-0.25, -0.2) is 18.4 Å². The van der Waals surface area contributed by atoms with Crippen LogP contribution in [0.3, 0.4) is 0 Å². The first-order valence-electron chi connectivity index (χ1n) is 7.97. The van der Waals surface area contributed by atoms with E-state index in [1.807, 2.05) is 14.1 Å². The Bertz CT molecular complexity index is 677. The zero-order valence-electron chi connectivity index (χ0n) is 14.4. The predicted octanol–water partition coefficient (Wildman–Crippen LogP) is 0.0993. The van der Waals surface area contributed by atoms with E-state index in [2.05, 4.69) is 20.2 Å². The minimum absolute atomic E-state index is 0.0238. The molecule has 1 atom stereocenters. The van der Waals surface area contributed by atoms with Crippen LogP contribution in [0.2, 0.25) is 0 Å². The number of sulfone groups is 1. The second-order valence-corrected chi connectivity index (χ2v) is 8.57. The van der Waals surface area contributed by atoms with Crippen LogP contribution < -0.4 is 5.32 Å². The van der Waals surface area contributed by atoms with Crippen LogP contribution in [0.5, 0.6) is 0 Å². The zero-order chi connectivity index (χ0) is 17.7. The van der Waals surface area contributed by atoms with Crippen LogP contribution in [0.25, 0.3) is 0 Å². The van der Waals surface area contributed by atoms with Gasteiger partial charge in [0.05, 0.1) is 11.5 Å². The molecule has 0 bridgehead atoms. The van der Waals surface area contributed by atoms with Crippen LogP contribution in [-0.2, 0) is 9.84 Å². The molecule has 1 aromatic heterocycles. The molecule has 2 rings (SSSR count). The van der Waals surface area contributed by atoms with Crippen molar-refractivity contribution in [3.63, 3.8) is 0 Å². The molecule has 0 aromatic carbocycles. The standard InChI is InChI=1S/C15H25N5O3S/c1-19(2)7-4-6-16-14-9-13(17-11-18-14)15(21)20(3)12-5-8-24(22,23)10-12/h9,11-12H,4-8,10H2,1-3H3,(H,16,17,18). The Labute approximate surface area is 143 Å². The van der Waals surface area contributed by atoms with Gasteiger partial charge in [0, 0.05) is 25.7 Å². The van der Waals surface area contributed by atoms with Gasteiger partial charge in [0.1, 0.15) is 17.8 Å². The van der Waals surface area contributed by atoms with Crippen molar-refractivity contribution in [2.24, 2.45) is 0 Å². The van der Waals surface area contributed by atoms with Crippen molar-refractivity contribution < 1.29 is 13.2 Å². The van der Waals surface area contributed by atoms with Crippen LogP contribution >= 0.6 is 0 Å². The van der Waals surface area contributed by atoms with Crippen LogP contribution in [0.1, 0.15) is 23.3 Å². The number of anilines is 1. The zero-order valence-corrected chi connectivity index (χ0v) is 15.2. The molecule has 1 N–H and O–H groups in total. The van der Waals surface area contributed by atoms with Crippen molar-refractivity contribution in [1.29, 1.82) is 0 Å². The fraction of sp³-hybridized carbons (Fsp3) is 0.667. The molecule has 8 nitrogen and oxygen atoms in total. The molecule has 2 heterocycles. The van der Waals surface area contributed by atoms with Gasteiger partial charge in [0.2, 0.25) is 0 Å². The van der Waals surface area contributed by atoms with E-state index in [0.717, 1.165) is 19.5 Å². The molecular weight excluding hydrogens is 330 g/mol. The van der Waals surface area contributed by atoms with Crippen molar-refractivity contribution in [1.82, 2.24) is 19.8 Å². The fourth-order valence-corrected chi connectivity index (χ4v) is 4.38. The largest absolute Gasteiger partial charge is 0.370 e. The van der Waals surface area contributed by atoms with Crippen LogP contribution in [0.4, 0.5) is 5.82 Å². The van der Waals surface area contributed by atoms with Crippen molar-refractivity contribution in [2.75, 3.05) is 51.1 Å². The highest BCUT2D eigenvalue weighted by molar-refractivity contribution is 7.91. The van der Waals surface area contributed by atoms with E-state index in [-0.39, 0.29) is 29.1 Å². The molecule has 134 valence electrons. The molecule has 1 aliphatic heterocycles. The summed E-state index contributed by atoms with van der Waals surface area (Å²) in [5.41, 5.74) is 0.270. The van der Waals surface area contributed by atoms with Gasteiger partial charge in [-0.1, -0.05) is 0 Å². The van der Waals surface area contributed by atoms with Crippen LogP contribution in [0, 0.1) is 0 Å². The van der Waals surface area contributed by atoms with Gasteiger partial charge in [-0.05, 0) is 33.5 Å². The molecule has 9 heteroatoms. The monoisotopic (exact) mass is 355 g/mol. The number of hydrogen-bond acceptors (Lipinski definition) is 7. The molecule has 1 fully saturated rings. The van der Waals surface area contributed by atoms with Crippen LogP contribution in [-0.4, -0.2) is 85.9 Å². The Morgan fingerprint density at radius 3 is 2.71 bits per heavy atom. The summed E-state index contributed by atoms with van der Waals surface area (Å²) >= 11 is 0. The Kier molecular flexibility index (Phi) is 6.11. The normalized spacial score (nSPS) is 19.4. The molecule has 0 saturated carbocycles. The summed E-state index contributed by atoms with van der Waals surface area (Å²) in [5, 5.41) is 3.17. The summed E-state index contributed by atoms with van der Waals surface area (Å²) < 4.78 is 23.2. The highest BCUT2D eigenvalue weighted by Gasteiger charge is 2.33. The number of amides is 1. The van der Waals surface area contributed by atoms with Crippen molar-refractivity contribution >= 4 is 21.6 Å².